The summed E-state index contributed by atoms with van der Waals surface area (Å²) < 4.78 is 1.81. The van der Waals surface area contributed by atoms with E-state index in [1.165, 1.54) is 11.3 Å². The maximum absolute atomic E-state index is 5.91. The highest BCUT2D eigenvalue weighted by atomic mass is 35.5. The number of thiophene rings is 1. The third-order valence-electron chi connectivity index (χ3n) is 1.65. The van der Waals surface area contributed by atoms with Gasteiger partial charge in [0.25, 0.3) is 0 Å². The average Bonchev–Trinajstić information content (AvgIpc) is 2.28. The smallest absolute Gasteiger partial charge is 0.107 e. The molecule has 0 unspecified atom stereocenters. The van der Waals surface area contributed by atoms with E-state index in [4.69, 9.17) is 17.3 Å². The van der Waals surface area contributed by atoms with E-state index in [1.807, 2.05) is 18.2 Å². The molecule has 0 spiro atoms. The van der Waals surface area contributed by atoms with Crippen LogP contribution in [0, 0.1) is 0 Å². The number of nitrogens with two attached hydrogens (primary N) is 1. The Balaban J connectivity index is 2.87. The third-order valence-corrected chi connectivity index (χ3v) is 3.76. The Hall–Kier alpha value is -0.380. The second-order valence-electron chi connectivity index (χ2n) is 2.48. The predicted molar refractivity (Wildman–Crippen MR) is 58.5 cm³/mol. The first-order chi connectivity index (χ1) is 5.68. The maximum Gasteiger partial charge on any atom is 0.107 e. The fourth-order valence-electron chi connectivity index (χ4n) is 1.07. The first-order valence-electron chi connectivity index (χ1n) is 3.35. The highest BCUT2D eigenvalue weighted by Crippen LogP contribution is 2.38. The van der Waals surface area contributed by atoms with Gasteiger partial charge in [-0.3, -0.25) is 0 Å². The van der Waals surface area contributed by atoms with Crippen LogP contribution in [0.1, 0.15) is 0 Å². The Morgan fingerprint density at radius 1 is 1.42 bits per heavy atom. The molecule has 2 N–H and O–H groups in total. The molecule has 1 aromatic carbocycles. The predicted octanol–water partition coefficient (Wildman–Crippen LogP) is 3.43. The summed E-state index contributed by atoms with van der Waals surface area (Å²) in [6.07, 6.45) is 0. The largest absolute Gasteiger partial charge is 0.399 e. The van der Waals surface area contributed by atoms with Crippen molar-refractivity contribution in [1.29, 1.82) is 0 Å². The fraction of sp³-hybridized carbons (Fsp3) is 0. The molecule has 1 heterocycles. The van der Waals surface area contributed by atoms with Crippen molar-refractivity contribution in [2.45, 2.75) is 4.90 Å². The molecule has 0 atom stereocenters. The van der Waals surface area contributed by atoms with Gasteiger partial charge in [-0.15, -0.1) is 24.0 Å². The Morgan fingerprint density at radius 3 is 2.92 bits per heavy atom. The van der Waals surface area contributed by atoms with E-state index >= 15 is 0 Å². The van der Waals surface area contributed by atoms with Crippen molar-refractivity contribution in [3.63, 3.8) is 0 Å². The molecule has 12 heavy (non-hydrogen) atoms. The van der Waals surface area contributed by atoms with E-state index in [-0.39, 0.29) is 0 Å². The molecule has 0 bridgehead atoms. The van der Waals surface area contributed by atoms with Crippen molar-refractivity contribution in [3.8, 4) is 0 Å². The lowest BCUT2D eigenvalue weighted by atomic mass is 10.2. The van der Waals surface area contributed by atoms with E-state index in [1.54, 1.807) is 0 Å². The molecule has 1 nitrogen and oxygen atoms in total. The van der Waals surface area contributed by atoms with E-state index in [2.05, 4.69) is 12.6 Å². The van der Waals surface area contributed by atoms with Gasteiger partial charge in [0.05, 0.1) is 0 Å². The molecule has 62 valence electrons. The summed E-state index contributed by atoms with van der Waals surface area (Å²) in [6, 6.07) is 5.70. The van der Waals surface area contributed by atoms with E-state index in [0.29, 0.717) is 0 Å². The minimum absolute atomic E-state index is 0.721. The van der Waals surface area contributed by atoms with Gasteiger partial charge in [-0.1, -0.05) is 17.7 Å². The number of fused-ring (bicyclic) bond motifs is 1. The molecule has 2 rings (SSSR count). The van der Waals surface area contributed by atoms with Crippen molar-refractivity contribution in [1.82, 2.24) is 0 Å². The quantitative estimate of drug-likeness (QED) is 0.511. The summed E-state index contributed by atoms with van der Waals surface area (Å²) in [5, 5.41) is 1.07. The first-order valence-corrected chi connectivity index (χ1v) is 4.99. The monoisotopic (exact) mass is 215 g/mol. The lowest BCUT2D eigenvalue weighted by Crippen LogP contribution is -1.81. The van der Waals surface area contributed by atoms with Crippen LogP contribution < -0.4 is 5.73 Å². The molecule has 0 aliphatic carbocycles. The zero-order chi connectivity index (χ0) is 8.72. The maximum atomic E-state index is 5.91. The Labute approximate surface area is 84.6 Å². The van der Waals surface area contributed by atoms with E-state index in [0.717, 1.165) is 25.0 Å². The van der Waals surface area contributed by atoms with Crippen LogP contribution in [0.3, 0.4) is 0 Å². The van der Waals surface area contributed by atoms with Crippen molar-refractivity contribution in [3.05, 3.63) is 22.5 Å². The highest BCUT2D eigenvalue weighted by Gasteiger charge is 2.06. The Bertz CT molecular complexity index is 436. The van der Waals surface area contributed by atoms with E-state index in [9.17, 15) is 0 Å². The molecule has 0 radical (unpaired) electrons. The molecule has 0 saturated heterocycles. The Kier molecular flexibility index (Phi) is 1.94. The van der Waals surface area contributed by atoms with Crippen molar-refractivity contribution < 1.29 is 0 Å². The average molecular weight is 216 g/mol. The van der Waals surface area contributed by atoms with Crippen molar-refractivity contribution >= 4 is 51.3 Å². The minimum Gasteiger partial charge on any atom is -0.399 e. The summed E-state index contributed by atoms with van der Waals surface area (Å²) in [6.45, 7) is 0. The summed E-state index contributed by atoms with van der Waals surface area (Å²) in [5.74, 6) is 0. The number of thiol groups is 1. The molecular weight excluding hydrogens is 210 g/mol. The summed E-state index contributed by atoms with van der Waals surface area (Å²) in [7, 11) is 0. The van der Waals surface area contributed by atoms with Gasteiger partial charge in [-0.2, -0.15) is 0 Å². The van der Waals surface area contributed by atoms with Crippen molar-refractivity contribution in [2.24, 2.45) is 0 Å². The van der Waals surface area contributed by atoms with Gasteiger partial charge in [0.1, 0.15) is 4.34 Å². The highest BCUT2D eigenvalue weighted by molar-refractivity contribution is 7.81. The van der Waals surface area contributed by atoms with Gasteiger partial charge in [-0.25, -0.2) is 0 Å². The molecule has 2 aromatic rings. The minimum atomic E-state index is 0.721. The van der Waals surface area contributed by atoms with Crippen LogP contribution in [-0.4, -0.2) is 0 Å². The Morgan fingerprint density at radius 2 is 2.17 bits per heavy atom. The molecule has 1 aromatic heterocycles. The number of nitrogen functional groups attached to an aromatic ring is 1. The SMILES string of the molecule is Nc1ccc2c(S)c(Cl)sc2c1. The number of anilines is 1. The lowest BCUT2D eigenvalue weighted by Gasteiger charge is -1.92. The molecule has 0 amide bonds. The molecule has 0 saturated carbocycles. The molecule has 4 heteroatoms. The van der Waals surface area contributed by atoms with Crippen molar-refractivity contribution in [2.75, 3.05) is 5.73 Å². The summed E-state index contributed by atoms with van der Waals surface area (Å²) in [5.41, 5.74) is 6.38. The zero-order valence-corrected chi connectivity index (χ0v) is 8.51. The number of benzene rings is 1. The van der Waals surface area contributed by atoms with Crippen LogP contribution in [0.25, 0.3) is 10.1 Å². The molecule has 0 aliphatic rings. The van der Waals surface area contributed by atoms with Gasteiger partial charge in [0.15, 0.2) is 0 Å². The van der Waals surface area contributed by atoms with Crippen LogP contribution in [0.5, 0.6) is 0 Å². The van der Waals surface area contributed by atoms with Gasteiger partial charge in [-0.05, 0) is 12.1 Å². The number of halogens is 1. The van der Waals surface area contributed by atoms with Crippen LogP contribution in [0.2, 0.25) is 4.34 Å². The zero-order valence-electron chi connectivity index (χ0n) is 6.04. The molecule has 0 aliphatic heterocycles. The summed E-state index contributed by atoms with van der Waals surface area (Å²) >= 11 is 11.7. The fourth-order valence-corrected chi connectivity index (χ4v) is 2.70. The second kappa shape index (κ2) is 2.83. The standard InChI is InChI=1S/C8H6ClNS2/c9-8-7(11)5-2-1-4(10)3-6(5)12-8/h1-3,11H,10H2. The van der Waals surface area contributed by atoms with E-state index < -0.39 is 0 Å². The lowest BCUT2D eigenvalue weighted by molar-refractivity contribution is 1.67. The normalized spacial score (nSPS) is 10.8. The van der Waals surface area contributed by atoms with Gasteiger partial charge < -0.3 is 5.73 Å². The third kappa shape index (κ3) is 1.18. The molecular formula is C8H6ClNS2. The number of rotatable bonds is 0. The van der Waals surface area contributed by atoms with Crippen LogP contribution in [0.15, 0.2) is 23.1 Å². The molecule has 0 fully saturated rings. The second-order valence-corrected chi connectivity index (χ2v) is 4.58. The van der Waals surface area contributed by atoms with Gasteiger partial charge in [0.2, 0.25) is 0 Å². The van der Waals surface area contributed by atoms with Crippen LogP contribution >= 0.6 is 35.6 Å². The number of hydrogen-bond acceptors (Lipinski definition) is 3. The van der Waals surface area contributed by atoms with Crippen LogP contribution in [-0.2, 0) is 0 Å². The van der Waals surface area contributed by atoms with Gasteiger partial charge >= 0.3 is 0 Å². The first kappa shape index (κ1) is 8.23. The number of hydrogen-bond donors (Lipinski definition) is 2. The van der Waals surface area contributed by atoms with Crippen LogP contribution in [0.4, 0.5) is 5.69 Å². The van der Waals surface area contributed by atoms with Gasteiger partial charge in [0, 0.05) is 20.7 Å². The topological polar surface area (TPSA) is 26.0 Å². The summed E-state index contributed by atoms with van der Waals surface area (Å²) in [4.78, 5) is 0.844.